The standard InChI is InChI=1S/C21H28.C2H6.CH4/c1-3-4-5-6-7-8-9-10-13-19-17-16-18(2)20-14-11-12-15-21(19)20;1-2;/h10-17H,3-9H2,1-2H3;1-2H3;1H4/b13-10+;;. The first-order valence-corrected chi connectivity index (χ1v) is 9.48. The number of hydrogen-bond acceptors (Lipinski definition) is 0. The van der Waals surface area contributed by atoms with Crippen LogP contribution >= 0.6 is 0 Å². The summed E-state index contributed by atoms with van der Waals surface area (Å²) < 4.78 is 0. The Morgan fingerprint density at radius 2 is 1.42 bits per heavy atom. The predicted molar refractivity (Wildman–Crippen MR) is 114 cm³/mol. The van der Waals surface area contributed by atoms with Gasteiger partial charge in [-0.05, 0) is 41.7 Å². The van der Waals surface area contributed by atoms with Crippen LogP contribution in [-0.4, -0.2) is 0 Å². The zero-order valence-corrected chi connectivity index (χ0v) is 15.6. The largest absolute Gasteiger partial charge is 0.0839 e. The van der Waals surface area contributed by atoms with Crippen LogP contribution in [0.2, 0.25) is 0 Å². The molecule has 0 radical (unpaired) electrons. The Morgan fingerprint density at radius 1 is 0.792 bits per heavy atom. The highest BCUT2D eigenvalue weighted by atomic mass is 14.0. The smallest absolute Gasteiger partial charge is 0.0109 e. The molecule has 0 aliphatic carbocycles. The van der Waals surface area contributed by atoms with Crippen molar-refractivity contribution >= 4 is 16.8 Å². The molecular weight excluding hydrogens is 288 g/mol. The molecule has 2 rings (SSSR count). The monoisotopic (exact) mass is 326 g/mol. The maximum Gasteiger partial charge on any atom is -0.0109 e. The van der Waals surface area contributed by atoms with Gasteiger partial charge in [0.25, 0.3) is 0 Å². The number of unbranched alkanes of at least 4 members (excludes halogenated alkanes) is 6. The van der Waals surface area contributed by atoms with E-state index in [4.69, 9.17) is 0 Å². The van der Waals surface area contributed by atoms with Crippen molar-refractivity contribution in [2.75, 3.05) is 0 Å². The topological polar surface area (TPSA) is 0 Å². The molecule has 24 heavy (non-hydrogen) atoms. The Morgan fingerprint density at radius 3 is 2.12 bits per heavy atom. The summed E-state index contributed by atoms with van der Waals surface area (Å²) in [6.07, 6.45) is 14.1. The molecule has 0 aliphatic heterocycles. The molecule has 0 aliphatic rings. The lowest BCUT2D eigenvalue weighted by Crippen LogP contribution is -1.82. The van der Waals surface area contributed by atoms with E-state index in [0.717, 1.165) is 0 Å². The molecule has 0 aromatic heterocycles. The average molecular weight is 327 g/mol. The van der Waals surface area contributed by atoms with Crippen LogP contribution in [-0.2, 0) is 0 Å². The highest BCUT2D eigenvalue weighted by Gasteiger charge is 1.99. The van der Waals surface area contributed by atoms with Crippen molar-refractivity contribution in [1.29, 1.82) is 0 Å². The Labute approximate surface area is 151 Å². The van der Waals surface area contributed by atoms with Gasteiger partial charge in [-0.2, -0.15) is 0 Å². The maximum absolute atomic E-state index is 2.34. The van der Waals surface area contributed by atoms with Crippen LogP contribution in [0, 0.1) is 6.92 Å². The Kier molecular flexibility index (Phi) is 12.9. The fourth-order valence-electron chi connectivity index (χ4n) is 2.87. The SMILES string of the molecule is C.CC.CCCCCCCC/C=C/c1ccc(C)c2ccccc12. The molecule has 0 unspecified atom stereocenters. The molecule has 0 nitrogen and oxygen atoms in total. The molecule has 134 valence electrons. The van der Waals surface area contributed by atoms with Gasteiger partial charge in [-0.25, -0.2) is 0 Å². The van der Waals surface area contributed by atoms with E-state index in [-0.39, 0.29) is 7.43 Å². The highest BCUT2D eigenvalue weighted by molar-refractivity contribution is 5.92. The summed E-state index contributed by atoms with van der Waals surface area (Å²) in [5.41, 5.74) is 2.71. The van der Waals surface area contributed by atoms with Crippen molar-refractivity contribution in [2.45, 2.75) is 80.1 Å². The van der Waals surface area contributed by atoms with Gasteiger partial charge in [0.05, 0.1) is 0 Å². The molecule has 2 aromatic rings. The van der Waals surface area contributed by atoms with E-state index in [9.17, 15) is 0 Å². The molecule has 0 heterocycles. The molecule has 0 heteroatoms. The molecule has 0 saturated heterocycles. The third-order valence-corrected chi connectivity index (χ3v) is 4.20. The van der Waals surface area contributed by atoms with Gasteiger partial charge in [0, 0.05) is 0 Å². The van der Waals surface area contributed by atoms with E-state index in [1.807, 2.05) is 13.8 Å². The summed E-state index contributed by atoms with van der Waals surface area (Å²) in [6.45, 7) is 8.46. The second-order valence-electron chi connectivity index (χ2n) is 5.98. The minimum Gasteiger partial charge on any atom is -0.0839 e. The molecule has 0 amide bonds. The fraction of sp³-hybridized carbons (Fsp3) is 0.500. The number of rotatable bonds is 8. The zero-order chi connectivity index (χ0) is 16.9. The lowest BCUT2D eigenvalue weighted by Gasteiger charge is -2.05. The molecule has 0 fully saturated rings. The molecular formula is C24H38. The summed E-state index contributed by atoms with van der Waals surface area (Å²) in [5.74, 6) is 0. The first kappa shape index (κ1) is 22.4. The van der Waals surface area contributed by atoms with E-state index in [1.165, 1.54) is 66.8 Å². The zero-order valence-electron chi connectivity index (χ0n) is 15.6. The molecule has 0 N–H and O–H groups in total. The van der Waals surface area contributed by atoms with Gasteiger partial charge in [-0.15, -0.1) is 0 Å². The van der Waals surface area contributed by atoms with Gasteiger partial charge in [0.1, 0.15) is 0 Å². The molecule has 2 aromatic carbocycles. The van der Waals surface area contributed by atoms with Crippen molar-refractivity contribution in [1.82, 2.24) is 0 Å². The van der Waals surface area contributed by atoms with Gasteiger partial charge in [-0.3, -0.25) is 0 Å². The van der Waals surface area contributed by atoms with Crippen molar-refractivity contribution in [3.05, 3.63) is 53.6 Å². The number of allylic oxidation sites excluding steroid dienone is 1. The third kappa shape index (κ3) is 7.34. The average Bonchev–Trinajstić information content (AvgIpc) is 2.61. The van der Waals surface area contributed by atoms with Crippen molar-refractivity contribution in [3.63, 3.8) is 0 Å². The van der Waals surface area contributed by atoms with Crippen LogP contribution in [0.15, 0.2) is 42.5 Å². The summed E-state index contributed by atoms with van der Waals surface area (Å²) in [6, 6.07) is 13.2. The number of benzene rings is 2. The van der Waals surface area contributed by atoms with Gasteiger partial charge >= 0.3 is 0 Å². The molecule has 0 atom stereocenters. The van der Waals surface area contributed by atoms with Crippen LogP contribution in [0.4, 0.5) is 0 Å². The van der Waals surface area contributed by atoms with Crippen LogP contribution in [0.25, 0.3) is 16.8 Å². The summed E-state index contributed by atoms with van der Waals surface area (Å²) >= 11 is 0. The van der Waals surface area contributed by atoms with Crippen molar-refractivity contribution in [2.24, 2.45) is 0 Å². The second-order valence-corrected chi connectivity index (χ2v) is 5.98. The maximum atomic E-state index is 2.34. The van der Waals surface area contributed by atoms with E-state index in [2.05, 4.69) is 62.4 Å². The molecule has 0 spiro atoms. The quantitative estimate of drug-likeness (QED) is 0.426. The Bertz CT molecular complexity index is 578. The summed E-state index contributed by atoms with van der Waals surface area (Å²) in [5, 5.41) is 2.75. The van der Waals surface area contributed by atoms with Crippen molar-refractivity contribution in [3.8, 4) is 0 Å². The van der Waals surface area contributed by atoms with E-state index >= 15 is 0 Å². The normalized spacial score (nSPS) is 10.3. The van der Waals surface area contributed by atoms with E-state index in [0.29, 0.717) is 0 Å². The minimum absolute atomic E-state index is 0. The lowest BCUT2D eigenvalue weighted by molar-refractivity contribution is 0.611. The van der Waals surface area contributed by atoms with Crippen LogP contribution < -0.4 is 0 Å². The van der Waals surface area contributed by atoms with Crippen LogP contribution in [0.1, 0.15) is 84.3 Å². The van der Waals surface area contributed by atoms with Gasteiger partial charge < -0.3 is 0 Å². The first-order chi connectivity index (χ1) is 11.3. The number of hydrogen-bond donors (Lipinski definition) is 0. The number of fused-ring (bicyclic) bond motifs is 1. The van der Waals surface area contributed by atoms with Crippen LogP contribution in [0.5, 0.6) is 0 Å². The summed E-state index contributed by atoms with van der Waals surface area (Å²) in [4.78, 5) is 0. The Balaban J connectivity index is 0.00000170. The number of aryl methyl sites for hydroxylation is 1. The first-order valence-electron chi connectivity index (χ1n) is 9.48. The molecule has 0 saturated carbocycles. The van der Waals surface area contributed by atoms with Crippen LogP contribution in [0.3, 0.4) is 0 Å². The third-order valence-electron chi connectivity index (χ3n) is 4.20. The minimum atomic E-state index is 0. The van der Waals surface area contributed by atoms with E-state index < -0.39 is 0 Å². The van der Waals surface area contributed by atoms with Gasteiger partial charge in [-0.1, -0.05) is 109 Å². The molecule has 0 bridgehead atoms. The fourth-order valence-corrected chi connectivity index (χ4v) is 2.87. The lowest BCUT2D eigenvalue weighted by atomic mass is 10.00. The van der Waals surface area contributed by atoms with Gasteiger partial charge in [0.2, 0.25) is 0 Å². The Hall–Kier alpha value is -1.56. The van der Waals surface area contributed by atoms with Gasteiger partial charge in [0.15, 0.2) is 0 Å². The van der Waals surface area contributed by atoms with Crippen molar-refractivity contribution < 1.29 is 0 Å². The predicted octanol–water partition coefficient (Wildman–Crippen LogP) is 8.57. The van der Waals surface area contributed by atoms with E-state index in [1.54, 1.807) is 0 Å². The summed E-state index contributed by atoms with van der Waals surface area (Å²) in [7, 11) is 0. The second kappa shape index (κ2) is 13.8. The highest BCUT2D eigenvalue weighted by Crippen LogP contribution is 2.23.